The summed E-state index contributed by atoms with van der Waals surface area (Å²) in [6.07, 6.45) is 0. The van der Waals surface area contributed by atoms with E-state index < -0.39 is 0 Å². The van der Waals surface area contributed by atoms with Gasteiger partial charge in [0.1, 0.15) is 11.0 Å². The van der Waals surface area contributed by atoms with Crippen LogP contribution >= 0.6 is 35.0 Å². The van der Waals surface area contributed by atoms with Crippen molar-refractivity contribution in [1.82, 2.24) is 14.9 Å². The molecule has 2 aliphatic heterocycles. The topological polar surface area (TPSA) is 61.8 Å². The molecule has 3 aromatic rings. The molecule has 0 bridgehead atoms. The number of piperazine rings is 1. The van der Waals surface area contributed by atoms with E-state index in [0.717, 1.165) is 42.6 Å². The number of carbonyl (C=O) groups excluding carboxylic acids is 1. The zero-order valence-corrected chi connectivity index (χ0v) is 22.1. The number of thioether (sulfide) groups is 1. The number of morpholine rings is 1. The summed E-state index contributed by atoms with van der Waals surface area (Å²) in [5.41, 5.74) is 2.97. The van der Waals surface area contributed by atoms with Crippen molar-refractivity contribution in [2.75, 3.05) is 62.3 Å². The number of benzene rings is 2. The second kappa shape index (κ2) is 11.7. The zero-order chi connectivity index (χ0) is 24.9. The first-order chi connectivity index (χ1) is 17.5. The normalized spacial score (nSPS) is 16.3. The number of hydrogen-bond acceptors (Lipinski definition) is 7. The molecule has 5 rings (SSSR count). The van der Waals surface area contributed by atoms with Crippen LogP contribution in [0, 0.1) is 0 Å². The molecule has 3 heterocycles. The average Bonchev–Trinajstić information content (AvgIpc) is 2.92. The number of ether oxygens (including phenoxy) is 1. The SMILES string of the molecule is O=C(c1ccc(CSc2nc(Cl)cc(N3CCN(c4ccc(Cl)cc4)CC3)n2)cc1)N1CCOCC1. The minimum Gasteiger partial charge on any atom is -0.378 e. The zero-order valence-electron chi connectivity index (χ0n) is 19.8. The van der Waals surface area contributed by atoms with Crippen LogP contribution in [0.15, 0.2) is 59.8 Å². The summed E-state index contributed by atoms with van der Waals surface area (Å²) in [6, 6.07) is 17.5. The van der Waals surface area contributed by atoms with Gasteiger partial charge in [0, 0.05) is 67.4 Å². The van der Waals surface area contributed by atoms with Gasteiger partial charge in [0.25, 0.3) is 5.91 Å². The van der Waals surface area contributed by atoms with Gasteiger partial charge in [0.05, 0.1) is 13.2 Å². The maximum atomic E-state index is 12.6. The number of nitrogens with zero attached hydrogens (tertiary/aromatic N) is 5. The number of amides is 1. The van der Waals surface area contributed by atoms with Crippen LogP contribution in [-0.2, 0) is 10.5 Å². The Kier molecular flexibility index (Phi) is 8.16. The highest BCUT2D eigenvalue weighted by Crippen LogP contribution is 2.27. The molecular weight excluding hydrogens is 517 g/mol. The lowest BCUT2D eigenvalue weighted by atomic mass is 10.1. The van der Waals surface area contributed by atoms with Gasteiger partial charge in [0.2, 0.25) is 0 Å². The smallest absolute Gasteiger partial charge is 0.254 e. The Morgan fingerprint density at radius 2 is 1.53 bits per heavy atom. The molecule has 0 atom stereocenters. The maximum Gasteiger partial charge on any atom is 0.254 e. The van der Waals surface area contributed by atoms with Gasteiger partial charge in [-0.1, -0.05) is 47.1 Å². The summed E-state index contributed by atoms with van der Waals surface area (Å²) in [5, 5.41) is 1.83. The van der Waals surface area contributed by atoms with E-state index >= 15 is 0 Å². The Morgan fingerprint density at radius 1 is 0.861 bits per heavy atom. The van der Waals surface area contributed by atoms with Crippen LogP contribution in [0.5, 0.6) is 0 Å². The lowest BCUT2D eigenvalue weighted by molar-refractivity contribution is 0.0303. The molecule has 0 spiro atoms. The fraction of sp³-hybridized carbons (Fsp3) is 0.346. The highest BCUT2D eigenvalue weighted by molar-refractivity contribution is 7.98. The van der Waals surface area contributed by atoms with E-state index in [9.17, 15) is 4.79 Å². The van der Waals surface area contributed by atoms with Crippen molar-refractivity contribution in [2.45, 2.75) is 10.9 Å². The van der Waals surface area contributed by atoms with E-state index in [2.05, 4.69) is 26.9 Å². The molecule has 2 aliphatic rings. The Balaban J connectivity index is 1.17. The third-order valence-electron chi connectivity index (χ3n) is 6.32. The molecule has 36 heavy (non-hydrogen) atoms. The minimum atomic E-state index is 0.0523. The standard InChI is InChI=1S/C26H27Cl2N5O2S/c27-21-5-7-22(8-6-21)31-9-11-32(12-10-31)24-17-23(28)29-26(30-24)36-18-19-1-3-20(4-2-19)25(34)33-13-15-35-16-14-33/h1-8,17H,9-16,18H2. The molecule has 0 radical (unpaired) electrons. The Bertz CT molecular complexity index is 1180. The first kappa shape index (κ1) is 25.1. The summed E-state index contributed by atoms with van der Waals surface area (Å²) < 4.78 is 5.33. The Hall–Kier alpha value is -2.52. The van der Waals surface area contributed by atoms with E-state index in [0.29, 0.717) is 47.9 Å². The van der Waals surface area contributed by atoms with Gasteiger partial charge in [-0.25, -0.2) is 9.97 Å². The number of anilines is 2. The average molecular weight is 545 g/mol. The number of carbonyl (C=O) groups is 1. The highest BCUT2D eigenvalue weighted by atomic mass is 35.5. The van der Waals surface area contributed by atoms with Crippen molar-refractivity contribution in [2.24, 2.45) is 0 Å². The van der Waals surface area contributed by atoms with Gasteiger partial charge < -0.3 is 19.4 Å². The van der Waals surface area contributed by atoms with Gasteiger partial charge in [0.15, 0.2) is 5.16 Å². The van der Waals surface area contributed by atoms with Crippen molar-refractivity contribution >= 4 is 52.4 Å². The molecule has 1 amide bonds. The fourth-order valence-corrected chi connectivity index (χ4v) is 5.46. The molecule has 188 valence electrons. The molecule has 1 aromatic heterocycles. The van der Waals surface area contributed by atoms with Crippen molar-refractivity contribution in [3.05, 3.63) is 75.9 Å². The van der Waals surface area contributed by atoms with Crippen LogP contribution in [-0.4, -0.2) is 73.3 Å². The maximum absolute atomic E-state index is 12.6. The third-order valence-corrected chi connectivity index (χ3v) is 7.69. The van der Waals surface area contributed by atoms with Gasteiger partial charge >= 0.3 is 0 Å². The van der Waals surface area contributed by atoms with Gasteiger partial charge in [-0.05, 0) is 42.0 Å². The van der Waals surface area contributed by atoms with Crippen LogP contribution in [0.1, 0.15) is 15.9 Å². The second-order valence-corrected chi connectivity index (χ2v) is 10.4. The lowest BCUT2D eigenvalue weighted by Gasteiger charge is -2.36. The Labute approximate surface area is 225 Å². The molecule has 0 saturated carbocycles. The summed E-state index contributed by atoms with van der Waals surface area (Å²) in [7, 11) is 0. The van der Waals surface area contributed by atoms with Crippen LogP contribution < -0.4 is 9.80 Å². The molecule has 0 aliphatic carbocycles. The molecule has 10 heteroatoms. The lowest BCUT2D eigenvalue weighted by Crippen LogP contribution is -2.46. The van der Waals surface area contributed by atoms with Crippen LogP contribution in [0.25, 0.3) is 0 Å². The largest absolute Gasteiger partial charge is 0.378 e. The molecule has 0 unspecified atom stereocenters. The van der Waals surface area contributed by atoms with Gasteiger partial charge in [-0.3, -0.25) is 4.79 Å². The quantitative estimate of drug-likeness (QED) is 0.249. The summed E-state index contributed by atoms with van der Waals surface area (Å²) in [4.78, 5) is 28.3. The van der Waals surface area contributed by atoms with E-state index in [1.54, 1.807) is 0 Å². The molecule has 2 saturated heterocycles. The third kappa shape index (κ3) is 6.24. The highest BCUT2D eigenvalue weighted by Gasteiger charge is 2.20. The van der Waals surface area contributed by atoms with E-state index in [1.165, 1.54) is 17.4 Å². The van der Waals surface area contributed by atoms with Crippen molar-refractivity contribution in [3.8, 4) is 0 Å². The first-order valence-electron chi connectivity index (χ1n) is 11.9. The predicted octanol–water partition coefficient (Wildman–Crippen LogP) is 4.87. The van der Waals surface area contributed by atoms with Crippen LogP contribution in [0.3, 0.4) is 0 Å². The van der Waals surface area contributed by atoms with Crippen LogP contribution in [0.4, 0.5) is 11.5 Å². The van der Waals surface area contributed by atoms with Crippen molar-refractivity contribution in [1.29, 1.82) is 0 Å². The summed E-state index contributed by atoms with van der Waals surface area (Å²) in [6.45, 7) is 5.95. The summed E-state index contributed by atoms with van der Waals surface area (Å²) in [5.74, 6) is 1.59. The molecular formula is C26H27Cl2N5O2S. The molecule has 0 N–H and O–H groups in total. The molecule has 2 aromatic carbocycles. The number of aromatic nitrogens is 2. The van der Waals surface area contributed by atoms with E-state index in [-0.39, 0.29) is 5.91 Å². The van der Waals surface area contributed by atoms with Crippen molar-refractivity contribution < 1.29 is 9.53 Å². The number of rotatable bonds is 6. The minimum absolute atomic E-state index is 0.0523. The molecule has 2 fully saturated rings. The van der Waals surface area contributed by atoms with Gasteiger partial charge in [-0.2, -0.15) is 0 Å². The van der Waals surface area contributed by atoms with Gasteiger partial charge in [-0.15, -0.1) is 0 Å². The molecule has 7 nitrogen and oxygen atoms in total. The second-order valence-electron chi connectivity index (χ2n) is 8.67. The number of hydrogen-bond donors (Lipinski definition) is 0. The fourth-order valence-electron chi connectivity index (χ4n) is 4.30. The van der Waals surface area contributed by atoms with Crippen LogP contribution in [0.2, 0.25) is 10.2 Å². The van der Waals surface area contributed by atoms with E-state index in [4.69, 9.17) is 32.9 Å². The first-order valence-corrected chi connectivity index (χ1v) is 13.7. The summed E-state index contributed by atoms with van der Waals surface area (Å²) >= 11 is 13.9. The monoisotopic (exact) mass is 543 g/mol. The Morgan fingerprint density at radius 3 is 2.22 bits per heavy atom. The number of halogens is 2. The van der Waals surface area contributed by atoms with Crippen molar-refractivity contribution in [3.63, 3.8) is 0 Å². The predicted molar refractivity (Wildman–Crippen MR) is 146 cm³/mol. The van der Waals surface area contributed by atoms with E-state index in [1.807, 2.05) is 47.4 Å².